The smallest absolute Gasteiger partial charge is 0.228 e. The van der Waals surface area contributed by atoms with Crippen LogP contribution in [-0.4, -0.2) is 64.0 Å². The van der Waals surface area contributed by atoms with Crippen LogP contribution in [0.4, 0.5) is 11.5 Å². The van der Waals surface area contributed by atoms with Crippen molar-refractivity contribution in [2.45, 2.75) is 13.3 Å². The maximum atomic E-state index is 13.1. The van der Waals surface area contributed by atoms with E-state index in [2.05, 4.69) is 14.9 Å². The van der Waals surface area contributed by atoms with Gasteiger partial charge in [0.05, 0.1) is 5.92 Å². The highest BCUT2D eigenvalue weighted by Gasteiger charge is 2.38. The van der Waals surface area contributed by atoms with Crippen LogP contribution >= 0.6 is 0 Å². The monoisotopic (exact) mass is 430 g/mol. The third-order valence-corrected chi connectivity index (χ3v) is 6.14. The van der Waals surface area contributed by atoms with Crippen LogP contribution in [0.2, 0.25) is 0 Å². The number of hydrogen-bond acceptors (Lipinski definition) is 5. The second kappa shape index (κ2) is 8.45. The number of amides is 2. The van der Waals surface area contributed by atoms with E-state index >= 15 is 0 Å². The van der Waals surface area contributed by atoms with Gasteiger partial charge in [0.1, 0.15) is 17.5 Å². The Balaban J connectivity index is 1.23. The average molecular weight is 431 g/mol. The second-order valence-electron chi connectivity index (χ2n) is 8.28. The topological polar surface area (TPSA) is 74.6 Å². The van der Waals surface area contributed by atoms with E-state index in [0.717, 1.165) is 23.1 Å². The summed E-state index contributed by atoms with van der Waals surface area (Å²) >= 11 is 0. The van der Waals surface area contributed by atoms with Gasteiger partial charge in [-0.25, -0.2) is 9.97 Å². The molecule has 5 rings (SSSR count). The molecule has 2 saturated heterocycles. The van der Waals surface area contributed by atoms with Crippen LogP contribution < -0.4 is 9.80 Å². The number of carbonyl (C=O) groups excluding carboxylic acids is 2. The number of piperazine rings is 1. The van der Waals surface area contributed by atoms with Gasteiger partial charge in [-0.05, 0) is 31.2 Å². The van der Waals surface area contributed by atoms with Crippen LogP contribution in [-0.2, 0) is 9.59 Å². The lowest BCUT2D eigenvalue weighted by Crippen LogP contribution is -2.51. The predicted octanol–water partition coefficient (Wildman–Crippen LogP) is 2.28. The number of aromatic nitrogens is 3. The second-order valence-corrected chi connectivity index (χ2v) is 8.28. The number of para-hydroxylation sites is 1. The number of benzene rings is 1. The Bertz CT molecular complexity index is 1110. The molecule has 2 amide bonds. The van der Waals surface area contributed by atoms with Gasteiger partial charge >= 0.3 is 0 Å². The molecule has 0 saturated carbocycles. The van der Waals surface area contributed by atoms with Crippen molar-refractivity contribution in [3.8, 4) is 5.82 Å². The summed E-state index contributed by atoms with van der Waals surface area (Å²) in [5.74, 6) is 2.23. The first kappa shape index (κ1) is 20.2. The number of carbonyl (C=O) groups is 2. The SMILES string of the molecule is Cc1nc(N2CCN(C(=O)C3CC(=O)N(c4ccccc4)C3)CC2)cc(-n2cccc2)n1. The van der Waals surface area contributed by atoms with Gasteiger partial charge in [0.15, 0.2) is 0 Å². The maximum absolute atomic E-state index is 13.1. The summed E-state index contributed by atoms with van der Waals surface area (Å²) in [6, 6.07) is 15.5. The molecule has 0 aliphatic carbocycles. The van der Waals surface area contributed by atoms with Gasteiger partial charge in [-0.2, -0.15) is 0 Å². The minimum absolute atomic E-state index is 0.0159. The van der Waals surface area contributed by atoms with Crippen LogP contribution in [0.3, 0.4) is 0 Å². The lowest BCUT2D eigenvalue weighted by molar-refractivity contribution is -0.136. The zero-order chi connectivity index (χ0) is 22.1. The summed E-state index contributed by atoms with van der Waals surface area (Å²) in [6.07, 6.45) is 4.20. The first-order valence-electron chi connectivity index (χ1n) is 11.0. The molecule has 2 aromatic heterocycles. The molecule has 0 N–H and O–H groups in total. The molecule has 3 aromatic rings. The van der Waals surface area contributed by atoms with Crippen molar-refractivity contribution in [3.05, 3.63) is 66.7 Å². The van der Waals surface area contributed by atoms with Crippen molar-refractivity contribution in [3.63, 3.8) is 0 Å². The van der Waals surface area contributed by atoms with E-state index in [-0.39, 0.29) is 24.2 Å². The Morgan fingerprint density at radius 2 is 1.62 bits per heavy atom. The molecule has 1 aromatic carbocycles. The standard InChI is InChI=1S/C24H26N6O2/c1-18-25-21(27-9-5-6-10-27)16-22(26-18)28-11-13-29(14-12-28)24(32)19-15-23(31)30(17-19)20-7-3-2-4-8-20/h2-10,16,19H,11-15,17H2,1H3. The number of rotatable bonds is 4. The molecule has 8 nitrogen and oxygen atoms in total. The molecule has 4 heterocycles. The van der Waals surface area contributed by atoms with Crippen LogP contribution in [0.1, 0.15) is 12.2 Å². The van der Waals surface area contributed by atoms with Crippen molar-refractivity contribution in [1.82, 2.24) is 19.4 Å². The first-order chi connectivity index (χ1) is 15.6. The van der Waals surface area contributed by atoms with Gasteiger partial charge < -0.3 is 19.3 Å². The van der Waals surface area contributed by atoms with Gasteiger partial charge in [0.25, 0.3) is 0 Å². The van der Waals surface area contributed by atoms with E-state index in [4.69, 9.17) is 0 Å². The van der Waals surface area contributed by atoms with E-state index in [1.807, 2.05) is 77.3 Å². The molecule has 0 bridgehead atoms. The Hall–Kier alpha value is -3.68. The minimum atomic E-state index is -0.282. The fraction of sp³-hybridized carbons (Fsp3) is 0.333. The molecule has 2 aliphatic rings. The van der Waals surface area contributed by atoms with Crippen molar-refractivity contribution in [2.75, 3.05) is 42.5 Å². The lowest BCUT2D eigenvalue weighted by Gasteiger charge is -2.36. The molecule has 8 heteroatoms. The molecule has 0 radical (unpaired) electrons. The highest BCUT2D eigenvalue weighted by Crippen LogP contribution is 2.27. The summed E-state index contributed by atoms with van der Waals surface area (Å²) < 4.78 is 1.97. The molecule has 32 heavy (non-hydrogen) atoms. The number of hydrogen-bond donors (Lipinski definition) is 0. The van der Waals surface area contributed by atoms with Crippen LogP contribution in [0.15, 0.2) is 60.9 Å². The molecule has 1 unspecified atom stereocenters. The van der Waals surface area contributed by atoms with Crippen molar-refractivity contribution in [1.29, 1.82) is 0 Å². The van der Waals surface area contributed by atoms with Crippen molar-refractivity contribution >= 4 is 23.3 Å². The van der Waals surface area contributed by atoms with E-state index in [9.17, 15) is 9.59 Å². The summed E-state index contributed by atoms with van der Waals surface area (Å²) in [6.45, 7) is 5.00. The summed E-state index contributed by atoms with van der Waals surface area (Å²) in [4.78, 5) is 40.6. The van der Waals surface area contributed by atoms with E-state index < -0.39 is 0 Å². The fourth-order valence-corrected chi connectivity index (χ4v) is 4.46. The maximum Gasteiger partial charge on any atom is 0.228 e. The van der Waals surface area contributed by atoms with Crippen LogP contribution in [0, 0.1) is 12.8 Å². The number of anilines is 2. The van der Waals surface area contributed by atoms with Gasteiger partial charge in [-0.15, -0.1) is 0 Å². The van der Waals surface area contributed by atoms with Crippen molar-refractivity contribution < 1.29 is 9.59 Å². The predicted molar refractivity (Wildman–Crippen MR) is 122 cm³/mol. The lowest BCUT2D eigenvalue weighted by atomic mass is 10.1. The summed E-state index contributed by atoms with van der Waals surface area (Å²) in [5, 5.41) is 0. The zero-order valence-corrected chi connectivity index (χ0v) is 18.1. The zero-order valence-electron chi connectivity index (χ0n) is 18.1. The van der Waals surface area contributed by atoms with Gasteiger partial charge in [-0.1, -0.05) is 18.2 Å². The Kier molecular flexibility index (Phi) is 5.34. The molecule has 2 aliphatic heterocycles. The number of aryl methyl sites for hydroxylation is 1. The minimum Gasteiger partial charge on any atom is -0.353 e. The molecule has 0 spiro atoms. The van der Waals surface area contributed by atoms with Gasteiger partial charge in [0, 0.05) is 63.3 Å². The number of nitrogens with zero attached hydrogens (tertiary/aromatic N) is 6. The molecular weight excluding hydrogens is 404 g/mol. The van der Waals surface area contributed by atoms with Crippen molar-refractivity contribution in [2.24, 2.45) is 5.92 Å². The Morgan fingerprint density at radius 1 is 0.938 bits per heavy atom. The molecule has 1 atom stereocenters. The highest BCUT2D eigenvalue weighted by atomic mass is 16.2. The average Bonchev–Trinajstić information content (AvgIpc) is 3.49. The highest BCUT2D eigenvalue weighted by molar-refractivity contribution is 6.00. The third-order valence-electron chi connectivity index (χ3n) is 6.14. The first-order valence-corrected chi connectivity index (χ1v) is 11.0. The molecular formula is C24H26N6O2. The normalized spacial score (nSPS) is 19.0. The molecule has 2 fully saturated rings. The van der Waals surface area contributed by atoms with Crippen LogP contribution in [0.5, 0.6) is 0 Å². The fourth-order valence-electron chi connectivity index (χ4n) is 4.46. The van der Waals surface area contributed by atoms with Crippen LogP contribution in [0.25, 0.3) is 5.82 Å². The van der Waals surface area contributed by atoms with Gasteiger partial charge in [0.2, 0.25) is 11.8 Å². The van der Waals surface area contributed by atoms with E-state index in [0.29, 0.717) is 32.7 Å². The third kappa shape index (κ3) is 3.95. The Morgan fingerprint density at radius 3 is 2.34 bits per heavy atom. The summed E-state index contributed by atoms with van der Waals surface area (Å²) in [7, 11) is 0. The quantitative estimate of drug-likeness (QED) is 0.635. The molecule has 164 valence electrons. The largest absolute Gasteiger partial charge is 0.353 e. The Labute approximate surface area is 187 Å². The summed E-state index contributed by atoms with van der Waals surface area (Å²) in [5.41, 5.74) is 0.857. The van der Waals surface area contributed by atoms with E-state index in [1.165, 1.54) is 0 Å². The van der Waals surface area contributed by atoms with Gasteiger partial charge in [-0.3, -0.25) is 9.59 Å². The van der Waals surface area contributed by atoms with E-state index in [1.54, 1.807) is 4.90 Å².